The van der Waals surface area contributed by atoms with Gasteiger partial charge in [-0.2, -0.15) is 0 Å². The summed E-state index contributed by atoms with van der Waals surface area (Å²) < 4.78 is 18.6. The fourth-order valence-corrected chi connectivity index (χ4v) is 2.18. The minimum absolute atomic E-state index is 0.0385. The summed E-state index contributed by atoms with van der Waals surface area (Å²) in [5, 5.41) is 0. The van der Waals surface area contributed by atoms with Crippen molar-refractivity contribution < 1.29 is 9.13 Å². The molecule has 1 aromatic rings. The van der Waals surface area contributed by atoms with E-state index < -0.39 is 0 Å². The third-order valence-electron chi connectivity index (χ3n) is 2.94. The Labute approximate surface area is 101 Å². The van der Waals surface area contributed by atoms with Crippen molar-refractivity contribution in [3.05, 3.63) is 29.6 Å². The first-order chi connectivity index (χ1) is 8.16. The molecule has 1 aromatic carbocycles. The number of rotatable bonds is 3. The lowest BCUT2D eigenvalue weighted by atomic mass is 10.0. The van der Waals surface area contributed by atoms with Crippen molar-refractivity contribution in [2.75, 3.05) is 31.2 Å². The first-order valence-corrected chi connectivity index (χ1v) is 6.03. The van der Waals surface area contributed by atoms with Crippen molar-refractivity contribution in [2.45, 2.75) is 19.4 Å². The third kappa shape index (κ3) is 3.17. The minimum atomic E-state index is -0.197. The summed E-state index contributed by atoms with van der Waals surface area (Å²) in [5.41, 5.74) is 7.88. The molecule has 2 rings (SSSR count). The number of benzene rings is 1. The average molecular weight is 238 g/mol. The van der Waals surface area contributed by atoms with Crippen molar-refractivity contribution in [1.29, 1.82) is 0 Å². The Morgan fingerprint density at radius 3 is 2.76 bits per heavy atom. The topological polar surface area (TPSA) is 38.5 Å². The Morgan fingerprint density at radius 1 is 1.41 bits per heavy atom. The molecule has 0 spiro atoms. The second-order valence-electron chi connectivity index (χ2n) is 4.55. The molecular weight excluding hydrogens is 219 g/mol. The fourth-order valence-electron chi connectivity index (χ4n) is 2.18. The number of ether oxygens (including phenoxy) is 1. The highest BCUT2D eigenvalue weighted by atomic mass is 19.1. The summed E-state index contributed by atoms with van der Waals surface area (Å²) in [5.74, 6) is -0.197. The van der Waals surface area contributed by atoms with Crippen LogP contribution in [0.2, 0.25) is 0 Å². The van der Waals surface area contributed by atoms with Crippen LogP contribution < -0.4 is 10.6 Å². The van der Waals surface area contributed by atoms with Crippen molar-refractivity contribution in [1.82, 2.24) is 0 Å². The van der Waals surface area contributed by atoms with E-state index in [4.69, 9.17) is 10.5 Å². The maximum atomic E-state index is 13.3. The Bertz CT molecular complexity index is 376. The Balaban J connectivity index is 2.24. The molecule has 0 aliphatic carbocycles. The summed E-state index contributed by atoms with van der Waals surface area (Å²) >= 11 is 0. The van der Waals surface area contributed by atoms with E-state index in [1.54, 1.807) is 6.07 Å². The van der Waals surface area contributed by atoms with Crippen molar-refractivity contribution in [3.63, 3.8) is 0 Å². The van der Waals surface area contributed by atoms with Crippen LogP contribution in [0, 0.1) is 5.82 Å². The number of hydrogen-bond donors (Lipinski definition) is 1. The van der Waals surface area contributed by atoms with Gasteiger partial charge in [0.05, 0.1) is 13.2 Å². The minimum Gasteiger partial charge on any atom is -0.378 e. The van der Waals surface area contributed by atoms with Gasteiger partial charge in [-0.15, -0.1) is 0 Å². The lowest BCUT2D eigenvalue weighted by Gasteiger charge is -2.31. The van der Waals surface area contributed by atoms with E-state index in [9.17, 15) is 4.39 Å². The summed E-state index contributed by atoms with van der Waals surface area (Å²) in [7, 11) is 0. The Morgan fingerprint density at radius 2 is 2.12 bits per heavy atom. The summed E-state index contributed by atoms with van der Waals surface area (Å²) in [6.07, 6.45) is 0.699. The maximum absolute atomic E-state index is 13.3. The molecule has 0 bridgehead atoms. The molecule has 1 saturated heterocycles. The van der Waals surface area contributed by atoms with E-state index in [2.05, 4.69) is 4.90 Å². The third-order valence-corrected chi connectivity index (χ3v) is 2.94. The molecule has 1 fully saturated rings. The molecule has 0 amide bonds. The molecule has 1 unspecified atom stereocenters. The van der Waals surface area contributed by atoms with Gasteiger partial charge in [0.2, 0.25) is 0 Å². The predicted molar refractivity (Wildman–Crippen MR) is 66.8 cm³/mol. The lowest BCUT2D eigenvalue weighted by molar-refractivity contribution is 0.122. The molecule has 2 N–H and O–H groups in total. The highest BCUT2D eigenvalue weighted by molar-refractivity contribution is 5.54. The van der Waals surface area contributed by atoms with Crippen molar-refractivity contribution >= 4 is 5.69 Å². The highest BCUT2D eigenvalue weighted by Crippen LogP contribution is 2.23. The molecule has 0 aromatic heterocycles. The SMILES string of the molecule is CC(N)Cc1cc(F)ccc1N1CCOCC1. The van der Waals surface area contributed by atoms with Crippen LogP contribution in [0.3, 0.4) is 0 Å². The van der Waals surface area contributed by atoms with Crippen LogP contribution in [0.15, 0.2) is 18.2 Å². The Kier molecular flexibility index (Phi) is 3.97. The smallest absolute Gasteiger partial charge is 0.123 e. The van der Waals surface area contributed by atoms with Crippen LogP contribution in [-0.2, 0) is 11.2 Å². The van der Waals surface area contributed by atoms with E-state index in [1.165, 1.54) is 6.07 Å². The molecule has 3 nitrogen and oxygen atoms in total. The average Bonchev–Trinajstić information content (AvgIpc) is 2.29. The van der Waals surface area contributed by atoms with E-state index in [0.29, 0.717) is 6.42 Å². The van der Waals surface area contributed by atoms with Crippen LogP contribution in [0.5, 0.6) is 0 Å². The number of morpholine rings is 1. The van der Waals surface area contributed by atoms with Gasteiger partial charge in [-0.05, 0) is 37.1 Å². The van der Waals surface area contributed by atoms with Gasteiger partial charge in [0, 0.05) is 24.8 Å². The van der Waals surface area contributed by atoms with E-state index in [-0.39, 0.29) is 11.9 Å². The van der Waals surface area contributed by atoms with Crippen LogP contribution in [0.1, 0.15) is 12.5 Å². The van der Waals surface area contributed by atoms with Crippen molar-refractivity contribution in [3.8, 4) is 0 Å². The number of halogens is 1. The molecule has 94 valence electrons. The largest absolute Gasteiger partial charge is 0.378 e. The van der Waals surface area contributed by atoms with Gasteiger partial charge in [-0.3, -0.25) is 0 Å². The van der Waals surface area contributed by atoms with Crippen LogP contribution in [-0.4, -0.2) is 32.3 Å². The molecule has 1 aliphatic rings. The highest BCUT2D eigenvalue weighted by Gasteiger charge is 2.15. The molecule has 1 heterocycles. The molecule has 0 radical (unpaired) electrons. The molecule has 17 heavy (non-hydrogen) atoms. The monoisotopic (exact) mass is 238 g/mol. The maximum Gasteiger partial charge on any atom is 0.123 e. The standard InChI is InChI=1S/C13H19FN2O/c1-10(15)8-11-9-12(14)2-3-13(11)16-4-6-17-7-5-16/h2-3,9-10H,4-8,15H2,1H3. The van der Waals surface area contributed by atoms with Gasteiger partial charge in [0.15, 0.2) is 0 Å². The van der Waals surface area contributed by atoms with Crippen molar-refractivity contribution in [2.24, 2.45) is 5.73 Å². The number of nitrogens with two attached hydrogens (primary N) is 1. The normalized spacial score (nSPS) is 18.2. The summed E-state index contributed by atoms with van der Waals surface area (Å²) in [6.45, 7) is 5.12. The second-order valence-corrected chi connectivity index (χ2v) is 4.55. The number of anilines is 1. The molecule has 1 atom stereocenters. The van der Waals surface area contributed by atoms with Gasteiger partial charge >= 0.3 is 0 Å². The van der Waals surface area contributed by atoms with Crippen LogP contribution in [0.25, 0.3) is 0 Å². The van der Waals surface area contributed by atoms with Crippen LogP contribution in [0.4, 0.5) is 10.1 Å². The molecule has 1 aliphatic heterocycles. The van der Waals surface area contributed by atoms with E-state index in [1.807, 2.05) is 13.0 Å². The molecule has 4 heteroatoms. The van der Waals surface area contributed by atoms with Gasteiger partial charge in [0.1, 0.15) is 5.82 Å². The quantitative estimate of drug-likeness (QED) is 0.868. The summed E-state index contributed by atoms with van der Waals surface area (Å²) in [4.78, 5) is 2.24. The number of nitrogens with zero attached hydrogens (tertiary/aromatic N) is 1. The predicted octanol–water partition coefficient (Wildman–Crippen LogP) is 1.55. The first kappa shape index (κ1) is 12.3. The van der Waals surface area contributed by atoms with Gasteiger partial charge in [0.25, 0.3) is 0 Å². The zero-order valence-electron chi connectivity index (χ0n) is 10.2. The van der Waals surface area contributed by atoms with Crippen LogP contribution >= 0.6 is 0 Å². The zero-order chi connectivity index (χ0) is 12.3. The molecule has 0 saturated carbocycles. The first-order valence-electron chi connectivity index (χ1n) is 6.03. The van der Waals surface area contributed by atoms with Gasteiger partial charge in [-0.25, -0.2) is 4.39 Å². The number of hydrogen-bond acceptors (Lipinski definition) is 3. The zero-order valence-corrected chi connectivity index (χ0v) is 10.2. The Hall–Kier alpha value is -1.13. The van der Waals surface area contributed by atoms with E-state index >= 15 is 0 Å². The fraction of sp³-hybridized carbons (Fsp3) is 0.538. The lowest BCUT2D eigenvalue weighted by Crippen LogP contribution is -2.37. The second kappa shape index (κ2) is 5.47. The molecular formula is C13H19FN2O. The van der Waals surface area contributed by atoms with E-state index in [0.717, 1.165) is 37.6 Å². The summed E-state index contributed by atoms with van der Waals surface area (Å²) in [6, 6.07) is 4.98. The van der Waals surface area contributed by atoms with Gasteiger partial charge < -0.3 is 15.4 Å². The van der Waals surface area contributed by atoms with Gasteiger partial charge in [-0.1, -0.05) is 0 Å².